The molecule has 5 nitrogen and oxygen atoms in total. The van der Waals surface area contributed by atoms with Crippen LogP contribution < -0.4 is 9.80 Å². The summed E-state index contributed by atoms with van der Waals surface area (Å²) in [6.07, 6.45) is -1.90. The molecule has 148 valence electrons. The molecule has 0 amide bonds. The van der Waals surface area contributed by atoms with Crippen LogP contribution in [0.4, 0.5) is 30.4 Å². The Hall–Kier alpha value is -2.48. The number of alkyl halides is 3. The van der Waals surface area contributed by atoms with E-state index in [-0.39, 0.29) is 6.04 Å². The monoisotopic (exact) mass is 411 g/mol. The fourth-order valence-electron chi connectivity index (χ4n) is 3.95. The first-order valence-electron chi connectivity index (χ1n) is 8.84. The molecular formula is C19H17ClF3N3O2. The molecule has 0 aliphatic carbocycles. The van der Waals surface area contributed by atoms with Crippen LogP contribution in [0, 0.1) is 5.92 Å². The number of pyridine rings is 1. The van der Waals surface area contributed by atoms with Gasteiger partial charge >= 0.3 is 12.1 Å². The molecule has 0 saturated carbocycles. The van der Waals surface area contributed by atoms with Gasteiger partial charge in [-0.05, 0) is 43.2 Å². The lowest BCUT2D eigenvalue weighted by molar-refractivity contribution is -0.142. The molecule has 2 aromatic rings. The summed E-state index contributed by atoms with van der Waals surface area (Å²) in [6, 6.07) is 6.56. The Morgan fingerprint density at radius 3 is 2.61 bits per heavy atom. The van der Waals surface area contributed by atoms with Crippen LogP contribution >= 0.6 is 11.6 Å². The van der Waals surface area contributed by atoms with Gasteiger partial charge in [-0.15, -0.1) is 0 Å². The highest BCUT2D eigenvalue weighted by Gasteiger charge is 2.39. The smallest absolute Gasteiger partial charge is 0.416 e. The fourth-order valence-corrected chi connectivity index (χ4v) is 4.10. The number of hydrogen-bond acceptors (Lipinski definition) is 4. The minimum atomic E-state index is -4.40. The Kier molecular flexibility index (Phi) is 4.61. The number of rotatable bonds is 2. The van der Waals surface area contributed by atoms with Crippen molar-refractivity contribution in [2.24, 2.45) is 5.92 Å². The zero-order valence-corrected chi connectivity index (χ0v) is 15.4. The standard InChI is InChI=1S/C19H17ClF3N3O2/c20-13-8-16-17(24-9-13)25-6-5-11(18(27)28)7-15(25)10-26(16)14-3-1-12(2-4-14)19(21,22)23/h1-4,8-9,11,15H,5-7,10H2,(H,27,28)/t11-,15-/m0/s1. The molecule has 0 radical (unpaired) electrons. The van der Waals surface area contributed by atoms with Gasteiger partial charge in [-0.25, -0.2) is 4.98 Å². The lowest BCUT2D eigenvalue weighted by atomic mass is 9.89. The van der Waals surface area contributed by atoms with Gasteiger partial charge in [0.2, 0.25) is 0 Å². The summed E-state index contributed by atoms with van der Waals surface area (Å²) in [7, 11) is 0. The third kappa shape index (κ3) is 3.37. The second kappa shape index (κ2) is 6.84. The van der Waals surface area contributed by atoms with Crippen molar-refractivity contribution < 1.29 is 23.1 Å². The number of carboxylic acid groups (broad SMARTS) is 1. The number of anilines is 3. The molecule has 0 spiro atoms. The third-order valence-electron chi connectivity index (χ3n) is 5.34. The first-order chi connectivity index (χ1) is 13.2. The van der Waals surface area contributed by atoms with Crippen LogP contribution in [-0.4, -0.2) is 35.2 Å². The molecule has 3 heterocycles. The fraction of sp³-hybridized carbons (Fsp3) is 0.368. The molecule has 1 saturated heterocycles. The maximum atomic E-state index is 12.9. The topological polar surface area (TPSA) is 56.7 Å². The quantitative estimate of drug-likeness (QED) is 0.784. The number of halogens is 4. The average molecular weight is 412 g/mol. The molecule has 2 atom stereocenters. The second-order valence-electron chi connectivity index (χ2n) is 7.06. The van der Waals surface area contributed by atoms with Gasteiger partial charge in [-0.3, -0.25) is 4.79 Å². The predicted molar refractivity (Wildman–Crippen MR) is 99.2 cm³/mol. The minimum absolute atomic E-state index is 0.0988. The highest BCUT2D eigenvalue weighted by Crippen LogP contribution is 2.43. The Balaban J connectivity index is 1.72. The zero-order valence-electron chi connectivity index (χ0n) is 14.7. The van der Waals surface area contributed by atoms with Crippen LogP contribution in [0.3, 0.4) is 0 Å². The van der Waals surface area contributed by atoms with Gasteiger partial charge in [0.05, 0.1) is 22.2 Å². The van der Waals surface area contributed by atoms with Crippen LogP contribution in [0.1, 0.15) is 18.4 Å². The summed E-state index contributed by atoms with van der Waals surface area (Å²) in [6.45, 7) is 1.01. The molecule has 2 aliphatic heterocycles. The number of piperidine rings is 1. The van der Waals surface area contributed by atoms with Gasteiger partial charge in [0, 0.05) is 31.0 Å². The first kappa shape index (κ1) is 18.9. The van der Waals surface area contributed by atoms with E-state index in [0.29, 0.717) is 48.1 Å². The van der Waals surface area contributed by atoms with Crippen molar-refractivity contribution in [2.75, 3.05) is 22.9 Å². The molecule has 0 unspecified atom stereocenters. The van der Waals surface area contributed by atoms with Gasteiger partial charge in [0.15, 0.2) is 5.82 Å². The van der Waals surface area contributed by atoms with Crippen molar-refractivity contribution in [1.82, 2.24) is 4.98 Å². The Morgan fingerprint density at radius 2 is 1.96 bits per heavy atom. The minimum Gasteiger partial charge on any atom is -0.481 e. The molecule has 0 bridgehead atoms. The summed E-state index contributed by atoms with van der Waals surface area (Å²) in [4.78, 5) is 19.8. The molecule has 2 aliphatic rings. The van der Waals surface area contributed by atoms with Crippen LogP contribution in [-0.2, 0) is 11.0 Å². The largest absolute Gasteiger partial charge is 0.481 e. The number of carboxylic acids is 1. The lowest BCUT2D eigenvalue weighted by Crippen LogP contribution is -2.53. The normalized spacial score (nSPS) is 21.9. The van der Waals surface area contributed by atoms with Crippen LogP contribution in [0.25, 0.3) is 0 Å². The molecule has 1 fully saturated rings. The van der Waals surface area contributed by atoms with Crippen molar-refractivity contribution in [3.63, 3.8) is 0 Å². The highest BCUT2D eigenvalue weighted by molar-refractivity contribution is 6.30. The third-order valence-corrected chi connectivity index (χ3v) is 5.55. The molecular weight excluding hydrogens is 395 g/mol. The van der Waals surface area contributed by atoms with Gasteiger partial charge in [-0.1, -0.05) is 11.6 Å². The average Bonchev–Trinajstić information content (AvgIpc) is 2.66. The predicted octanol–water partition coefficient (Wildman–Crippen LogP) is 4.58. The van der Waals surface area contributed by atoms with Gasteiger partial charge in [0.1, 0.15) is 0 Å². The highest BCUT2D eigenvalue weighted by atomic mass is 35.5. The summed E-state index contributed by atoms with van der Waals surface area (Å²) < 4.78 is 38.7. The number of carbonyl (C=O) groups is 1. The number of aromatic nitrogens is 1. The molecule has 1 N–H and O–H groups in total. The van der Waals surface area contributed by atoms with E-state index < -0.39 is 23.6 Å². The number of nitrogens with zero attached hydrogens (tertiary/aromatic N) is 3. The van der Waals surface area contributed by atoms with Crippen molar-refractivity contribution >= 4 is 34.8 Å². The molecule has 1 aromatic heterocycles. The Labute approximate surface area is 164 Å². The van der Waals surface area contributed by atoms with E-state index in [4.69, 9.17) is 11.6 Å². The van der Waals surface area contributed by atoms with E-state index in [1.54, 1.807) is 6.07 Å². The SMILES string of the molecule is O=C(O)[C@H]1CCN2c3ncc(Cl)cc3N(c3ccc(C(F)(F)F)cc3)C[C@@H]2C1. The number of benzene rings is 1. The van der Waals surface area contributed by atoms with E-state index >= 15 is 0 Å². The Morgan fingerprint density at radius 1 is 1.25 bits per heavy atom. The van der Waals surface area contributed by atoms with Crippen LogP contribution in [0.5, 0.6) is 0 Å². The summed E-state index contributed by atoms with van der Waals surface area (Å²) in [5.41, 5.74) is 0.565. The lowest BCUT2D eigenvalue weighted by Gasteiger charge is -2.47. The van der Waals surface area contributed by atoms with Crippen LogP contribution in [0.2, 0.25) is 5.02 Å². The number of aliphatic carboxylic acids is 1. The molecule has 4 rings (SSSR count). The van der Waals surface area contributed by atoms with Crippen molar-refractivity contribution in [3.8, 4) is 0 Å². The van der Waals surface area contributed by atoms with Crippen molar-refractivity contribution in [2.45, 2.75) is 25.1 Å². The van der Waals surface area contributed by atoms with Crippen LogP contribution in [0.15, 0.2) is 36.5 Å². The summed E-state index contributed by atoms with van der Waals surface area (Å²) >= 11 is 6.12. The van der Waals surface area contributed by atoms with Gasteiger partial charge in [0.25, 0.3) is 0 Å². The van der Waals surface area contributed by atoms with E-state index in [0.717, 1.165) is 12.1 Å². The Bertz CT molecular complexity index is 904. The maximum absolute atomic E-state index is 12.9. The van der Waals surface area contributed by atoms with E-state index in [1.165, 1.54) is 18.3 Å². The first-order valence-corrected chi connectivity index (χ1v) is 9.21. The second-order valence-corrected chi connectivity index (χ2v) is 7.49. The van der Waals surface area contributed by atoms with Gasteiger partial charge in [-0.2, -0.15) is 13.2 Å². The molecule has 28 heavy (non-hydrogen) atoms. The van der Waals surface area contributed by atoms with E-state index in [1.807, 2.05) is 4.90 Å². The van der Waals surface area contributed by atoms with Gasteiger partial charge < -0.3 is 14.9 Å². The molecule has 1 aromatic carbocycles. The van der Waals surface area contributed by atoms with Crippen molar-refractivity contribution in [1.29, 1.82) is 0 Å². The zero-order chi connectivity index (χ0) is 20.1. The summed E-state index contributed by atoms with van der Waals surface area (Å²) in [5.74, 6) is -0.593. The van der Waals surface area contributed by atoms with Crippen molar-refractivity contribution in [3.05, 3.63) is 47.1 Å². The number of fused-ring (bicyclic) bond motifs is 3. The number of hydrogen-bond donors (Lipinski definition) is 1. The van der Waals surface area contributed by atoms with E-state index in [9.17, 15) is 23.1 Å². The molecule has 9 heteroatoms. The summed E-state index contributed by atoms with van der Waals surface area (Å²) in [5, 5.41) is 9.80. The van der Waals surface area contributed by atoms with E-state index in [2.05, 4.69) is 9.88 Å². The maximum Gasteiger partial charge on any atom is 0.416 e.